The second-order valence-electron chi connectivity index (χ2n) is 10.8. The number of hydrogen-bond acceptors (Lipinski definition) is 4. The van der Waals surface area contributed by atoms with Crippen molar-refractivity contribution in [2.24, 2.45) is 0 Å². The number of H-pyrrole nitrogens is 1. The van der Waals surface area contributed by atoms with Crippen LogP contribution < -0.4 is 10.3 Å². The Morgan fingerprint density at radius 2 is 1.84 bits per heavy atom. The van der Waals surface area contributed by atoms with E-state index in [2.05, 4.69) is 33.6 Å². The highest BCUT2D eigenvalue weighted by Gasteiger charge is 2.30. The lowest BCUT2D eigenvalue weighted by Gasteiger charge is -2.36. The normalized spacial score (nSPS) is 16.2. The molecule has 1 aromatic heterocycles. The summed E-state index contributed by atoms with van der Waals surface area (Å²) >= 11 is 8.56. The Labute approximate surface area is 236 Å². The zero-order valence-corrected chi connectivity index (χ0v) is 25.0. The van der Waals surface area contributed by atoms with E-state index in [1.165, 1.54) is 0 Å². The van der Waals surface area contributed by atoms with Gasteiger partial charge in [0.1, 0.15) is 11.4 Å². The van der Waals surface area contributed by atoms with E-state index in [0.29, 0.717) is 41.4 Å². The summed E-state index contributed by atoms with van der Waals surface area (Å²) in [4.78, 5) is 31.0. The SMILES string of the molecule is Cc1cc(C)cc(-c2c(OCC[C@@H]3CCCCN3C(=O)OC(C)(C)C)c3cc(I)c(Cl)cc3[nH]c2=O)c1. The van der Waals surface area contributed by atoms with Crippen molar-refractivity contribution in [2.45, 2.75) is 71.9 Å². The van der Waals surface area contributed by atoms with Crippen LogP contribution in [0.15, 0.2) is 35.1 Å². The number of ether oxygens (including phenoxy) is 2. The van der Waals surface area contributed by atoms with Crippen molar-refractivity contribution < 1.29 is 14.3 Å². The molecule has 0 spiro atoms. The number of hydrogen-bond donors (Lipinski definition) is 1. The van der Waals surface area contributed by atoms with Crippen LogP contribution in [-0.2, 0) is 4.74 Å². The number of amides is 1. The molecular weight excluding hydrogens is 603 g/mol. The first-order chi connectivity index (χ1) is 17.4. The molecule has 3 aromatic rings. The minimum atomic E-state index is -0.543. The standard InChI is InChI=1S/C29H34ClIN2O4/c1-17-12-18(2)14-19(13-17)25-26(21-15-23(31)22(30)16-24(21)32-27(25)34)36-11-9-20-8-6-7-10-33(20)28(35)37-29(3,4)5/h12-16,20H,6-11H2,1-5H3,(H,32,34)/t20-/m0/s1. The third-order valence-corrected chi connectivity index (χ3v) is 7.99. The van der Waals surface area contributed by atoms with E-state index >= 15 is 0 Å². The smallest absolute Gasteiger partial charge is 0.410 e. The van der Waals surface area contributed by atoms with Gasteiger partial charge in [0, 0.05) is 28.0 Å². The number of carbonyl (C=O) groups excluding carboxylic acids is 1. The van der Waals surface area contributed by atoms with E-state index in [1.807, 2.05) is 57.7 Å². The highest BCUT2D eigenvalue weighted by molar-refractivity contribution is 14.1. The van der Waals surface area contributed by atoms with E-state index in [9.17, 15) is 9.59 Å². The second kappa shape index (κ2) is 11.2. The summed E-state index contributed by atoms with van der Waals surface area (Å²) in [6.07, 6.45) is 3.29. The van der Waals surface area contributed by atoms with E-state index < -0.39 is 5.60 Å². The van der Waals surface area contributed by atoms with E-state index in [-0.39, 0.29) is 17.7 Å². The van der Waals surface area contributed by atoms with Gasteiger partial charge >= 0.3 is 6.09 Å². The van der Waals surface area contributed by atoms with Crippen LogP contribution in [0.1, 0.15) is 57.6 Å². The molecule has 0 unspecified atom stereocenters. The molecule has 1 N–H and O–H groups in total. The number of nitrogens with zero attached hydrogens (tertiary/aromatic N) is 1. The van der Waals surface area contributed by atoms with E-state index in [0.717, 1.165) is 44.9 Å². The maximum Gasteiger partial charge on any atom is 0.410 e. The molecule has 0 saturated carbocycles. The van der Waals surface area contributed by atoms with Crippen molar-refractivity contribution in [1.82, 2.24) is 9.88 Å². The number of likely N-dealkylation sites (tertiary alicyclic amines) is 1. The number of fused-ring (bicyclic) bond motifs is 1. The lowest BCUT2D eigenvalue weighted by atomic mass is 9.99. The molecule has 1 aliphatic heterocycles. The Kier molecular flexibility index (Phi) is 8.43. The predicted octanol–water partition coefficient (Wildman–Crippen LogP) is 7.63. The van der Waals surface area contributed by atoms with Crippen molar-refractivity contribution in [3.05, 3.63) is 60.4 Å². The highest BCUT2D eigenvalue weighted by atomic mass is 127. The molecule has 198 valence electrons. The number of aromatic nitrogens is 1. The summed E-state index contributed by atoms with van der Waals surface area (Å²) in [7, 11) is 0. The number of rotatable bonds is 5. The molecule has 8 heteroatoms. The van der Waals surface area contributed by atoms with Gasteiger partial charge in [0.25, 0.3) is 5.56 Å². The maximum atomic E-state index is 13.4. The number of piperidine rings is 1. The molecule has 0 bridgehead atoms. The molecule has 1 saturated heterocycles. The number of nitrogens with one attached hydrogen (secondary N) is 1. The number of aryl methyl sites for hydroxylation is 2. The van der Waals surface area contributed by atoms with Gasteiger partial charge in [0.05, 0.1) is 22.7 Å². The molecule has 2 heterocycles. The van der Waals surface area contributed by atoms with Gasteiger partial charge in [0.2, 0.25) is 0 Å². The molecule has 6 nitrogen and oxygen atoms in total. The van der Waals surface area contributed by atoms with E-state index in [1.54, 1.807) is 6.07 Å². The number of carbonyl (C=O) groups is 1. The highest BCUT2D eigenvalue weighted by Crippen LogP contribution is 2.37. The second-order valence-corrected chi connectivity index (χ2v) is 12.4. The number of aromatic amines is 1. The van der Waals surface area contributed by atoms with Gasteiger partial charge in [-0.2, -0.15) is 0 Å². The van der Waals surface area contributed by atoms with Crippen molar-refractivity contribution in [2.75, 3.05) is 13.2 Å². The monoisotopic (exact) mass is 636 g/mol. The largest absolute Gasteiger partial charge is 0.492 e. The predicted molar refractivity (Wildman–Crippen MR) is 158 cm³/mol. The minimum absolute atomic E-state index is 0.0242. The average molecular weight is 637 g/mol. The molecule has 4 rings (SSSR count). The van der Waals surface area contributed by atoms with Crippen LogP contribution in [0.3, 0.4) is 0 Å². The van der Waals surface area contributed by atoms with Crippen LogP contribution in [0.25, 0.3) is 22.0 Å². The van der Waals surface area contributed by atoms with Gasteiger partial charge in [0.15, 0.2) is 0 Å². The minimum Gasteiger partial charge on any atom is -0.492 e. The molecule has 1 aliphatic rings. The summed E-state index contributed by atoms with van der Waals surface area (Å²) in [5.74, 6) is 0.540. The first kappa shape index (κ1) is 27.8. The van der Waals surface area contributed by atoms with Crippen LogP contribution in [0.4, 0.5) is 4.79 Å². The van der Waals surface area contributed by atoms with Crippen molar-refractivity contribution in [1.29, 1.82) is 0 Å². The van der Waals surface area contributed by atoms with Crippen molar-refractivity contribution in [3.63, 3.8) is 0 Å². The first-order valence-electron chi connectivity index (χ1n) is 12.7. The van der Waals surface area contributed by atoms with Gasteiger partial charge in [-0.05, 0) is 94.2 Å². The summed E-state index contributed by atoms with van der Waals surface area (Å²) in [5.41, 5.74) is 3.32. The Balaban J connectivity index is 1.68. The topological polar surface area (TPSA) is 71.6 Å². The Morgan fingerprint density at radius 1 is 1.14 bits per heavy atom. The zero-order valence-electron chi connectivity index (χ0n) is 22.0. The molecule has 2 aromatic carbocycles. The average Bonchev–Trinajstić information content (AvgIpc) is 2.79. The van der Waals surface area contributed by atoms with Crippen LogP contribution in [0.5, 0.6) is 5.75 Å². The lowest BCUT2D eigenvalue weighted by molar-refractivity contribution is 0.00745. The summed E-state index contributed by atoms with van der Waals surface area (Å²) in [5, 5.41) is 1.37. The summed E-state index contributed by atoms with van der Waals surface area (Å²) in [6.45, 7) is 10.7. The third-order valence-electron chi connectivity index (χ3n) is 6.47. The quantitative estimate of drug-likeness (QED) is 0.293. The van der Waals surface area contributed by atoms with Gasteiger partial charge in [-0.3, -0.25) is 4.79 Å². The molecule has 1 atom stereocenters. The molecule has 0 aliphatic carbocycles. The molecular formula is C29H34ClIN2O4. The molecule has 37 heavy (non-hydrogen) atoms. The summed E-state index contributed by atoms with van der Waals surface area (Å²) < 4.78 is 13.0. The summed E-state index contributed by atoms with van der Waals surface area (Å²) in [6, 6.07) is 9.82. The Bertz CT molecular complexity index is 1360. The fraction of sp³-hybridized carbons (Fsp3) is 0.448. The number of halogens is 2. The number of pyridine rings is 1. The van der Waals surface area contributed by atoms with Crippen LogP contribution in [-0.4, -0.2) is 40.8 Å². The van der Waals surface area contributed by atoms with Crippen LogP contribution in [0, 0.1) is 17.4 Å². The zero-order chi connectivity index (χ0) is 26.9. The van der Waals surface area contributed by atoms with Crippen molar-refractivity contribution in [3.8, 4) is 16.9 Å². The fourth-order valence-corrected chi connectivity index (χ4v) is 5.58. The van der Waals surface area contributed by atoms with Gasteiger partial charge in [-0.15, -0.1) is 0 Å². The Morgan fingerprint density at radius 3 is 2.51 bits per heavy atom. The van der Waals surface area contributed by atoms with E-state index in [4.69, 9.17) is 21.1 Å². The van der Waals surface area contributed by atoms with Gasteiger partial charge in [-0.25, -0.2) is 4.79 Å². The van der Waals surface area contributed by atoms with Crippen molar-refractivity contribution >= 4 is 51.2 Å². The van der Waals surface area contributed by atoms with Crippen LogP contribution >= 0.6 is 34.2 Å². The number of benzene rings is 2. The fourth-order valence-electron chi connectivity index (χ4n) is 4.95. The van der Waals surface area contributed by atoms with Crippen LogP contribution in [0.2, 0.25) is 5.02 Å². The Hall–Kier alpha value is -2.26. The molecule has 1 amide bonds. The first-order valence-corrected chi connectivity index (χ1v) is 14.1. The van der Waals surface area contributed by atoms with Gasteiger partial charge in [-0.1, -0.05) is 40.9 Å². The lowest BCUT2D eigenvalue weighted by Crippen LogP contribution is -2.46. The molecule has 1 fully saturated rings. The maximum absolute atomic E-state index is 13.4. The van der Waals surface area contributed by atoms with Gasteiger partial charge < -0.3 is 19.4 Å². The third kappa shape index (κ3) is 6.60. The molecule has 0 radical (unpaired) electrons.